The summed E-state index contributed by atoms with van der Waals surface area (Å²) in [6.45, 7) is 7.05. The normalized spacial score (nSPS) is 11.9. The standard InChI is InChI=1S/C28H32N6O3/c1-4-37-23-13-11-22(12-14-23)34(26(35)19-33-25-10-6-5-9-24(25)31-32-33)27(21-8-7-16-29-18-21)28(36)30-17-15-20(2)3/h5-14,16,18,20,27H,4,15,17,19H2,1-3H3,(H,30,36). The lowest BCUT2D eigenvalue weighted by molar-refractivity contribution is -0.127. The van der Waals surface area contributed by atoms with Crippen molar-refractivity contribution in [3.63, 3.8) is 0 Å². The van der Waals surface area contributed by atoms with Gasteiger partial charge in [-0.1, -0.05) is 37.3 Å². The Morgan fingerprint density at radius 1 is 1.05 bits per heavy atom. The number of nitrogens with zero attached hydrogens (tertiary/aromatic N) is 5. The highest BCUT2D eigenvalue weighted by Gasteiger charge is 2.33. The Balaban J connectivity index is 1.74. The van der Waals surface area contributed by atoms with E-state index in [0.29, 0.717) is 41.6 Å². The third kappa shape index (κ3) is 6.30. The summed E-state index contributed by atoms with van der Waals surface area (Å²) >= 11 is 0. The number of rotatable bonds is 11. The monoisotopic (exact) mass is 500 g/mol. The number of hydrogen-bond donors (Lipinski definition) is 1. The summed E-state index contributed by atoms with van der Waals surface area (Å²) in [5.74, 6) is 0.522. The number of carbonyl (C=O) groups is 2. The summed E-state index contributed by atoms with van der Waals surface area (Å²) in [6, 6.07) is 17.2. The van der Waals surface area contributed by atoms with E-state index < -0.39 is 6.04 Å². The first kappa shape index (κ1) is 25.8. The molecule has 0 bridgehead atoms. The van der Waals surface area contributed by atoms with E-state index in [9.17, 15) is 9.59 Å². The fraction of sp³-hybridized carbons (Fsp3) is 0.321. The van der Waals surface area contributed by atoms with E-state index in [2.05, 4.69) is 34.5 Å². The molecule has 4 aromatic rings. The zero-order valence-electron chi connectivity index (χ0n) is 21.4. The lowest BCUT2D eigenvalue weighted by Gasteiger charge is -2.31. The largest absolute Gasteiger partial charge is 0.494 e. The molecule has 4 rings (SSSR count). The molecule has 0 spiro atoms. The minimum Gasteiger partial charge on any atom is -0.494 e. The van der Waals surface area contributed by atoms with E-state index in [0.717, 1.165) is 11.9 Å². The van der Waals surface area contributed by atoms with Crippen molar-refractivity contribution in [3.8, 4) is 5.75 Å². The Morgan fingerprint density at radius 3 is 2.54 bits per heavy atom. The van der Waals surface area contributed by atoms with Crippen molar-refractivity contribution < 1.29 is 14.3 Å². The zero-order valence-corrected chi connectivity index (χ0v) is 21.4. The Labute approximate surface area is 216 Å². The number of para-hydroxylation sites is 1. The second-order valence-corrected chi connectivity index (χ2v) is 9.09. The minimum absolute atomic E-state index is 0.0935. The highest BCUT2D eigenvalue weighted by Crippen LogP contribution is 2.30. The molecule has 0 fully saturated rings. The molecular formula is C28H32N6O3. The first-order valence-corrected chi connectivity index (χ1v) is 12.5. The second-order valence-electron chi connectivity index (χ2n) is 9.09. The lowest BCUT2D eigenvalue weighted by atomic mass is 10.0. The van der Waals surface area contributed by atoms with E-state index in [1.54, 1.807) is 53.5 Å². The van der Waals surface area contributed by atoms with E-state index in [1.165, 1.54) is 4.90 Å². The van der Waals surface area contributed by atoms with Crippen molar-refractivity contribution in [2.24, 2.45) is 5.92 Å². The molecule has 1 unspecified atom stereocenters. The third-order valence-electron chi connectivity index (χ3n) is 5.93. The van der Waals surface area contributed by atoms with Crippen LogP contribution in [0, 0.1) is 5.92 Å². The fourth-order valence-corrected chi connectivity index (χ4v) is 4.08. The number of nitrogens with one attached hydrogen (secondary N) is 1. The van der Waals surface area contributed by atoms with E-state index in [-0.39, 0.29) is 18.4 Å². The molecule has 2 heterocycles. The number of hydrogen-bond acceptors (Lipinski definition) is 6. The van der Waals surface area contributed by atoms with Gasteiger partial charge in [0, 0.05) is 30.2 Å². The van der Waals surface area contributed by atoms with Gasteiger partial charge in [-0.05, 0) is 61.7 Å². The minimum atomic E-state index is -0.930. The number of pyridine rings is 1. The highest BCUT2D eigenvalue weighted by atomic mass is 16.5. The van der Waals surface area contributed by atoms with Crippen LogP contribution in [-0.2, 0) is 16.1 Å². The topological polar surface area (TPSA) is 102 Å². The first-order valence-electron chi connectivity index (χ1n) is 12.5. The predicted octanol–water partition coefficient (Wildman–Crippen LogP) is 4.16. The summed E-state index contributed by atoms with van der Waals surface area (Å²) in [5.41, 5.74) is 2.60. The van der Waals surface area contributed by atoms with Crippen LogP contribution in [0.3, 0.4) is 0 Å². The Bertz CT molecular complexity index is 1320. The Morgan fingerprint density at radius 2 is 1.84 bits per heavy atom. The number of benzene rings is 2. The zero-order chi connectivity index (χ0) is 26.2. The Kier molecular flexibility index (Phi) is 8.45. The summed E-state index contributed by atoms with van der Waals surface area (Å²) in [4.78, 5) is 33.3. The molecule has 9 nitrogen and oxygen atoms in total. The van der Waals surface area contributed by atoms with Crippen molar-refractivity contribution in [2.45, 2.75) is 39.8 Å². The van der Waals surface area contributed by atoms with Crippen LogP contribution in [0.1, 0.15) is 38.8 Å². The van der Waals surface area contributed by atoms with Gasteiger partial charge in [-0.25, -0.2) is 4.68 Å². The molecular weight excluding hydrogens is 468 g/mol. The van der Waals surface area contributed by atoms with E-state index in [1.807, 2.05) is 31.2 Å². The molecule has 0 aliphatic rings. The molecule has 0 aliphatic heterocycles. The summed E-state index contributed by atoms with van der Waals surface area (Å²) in [6.07, 6.45) is 4.08. The van der Waals surface area contributed by atoms with Crippen molar-refractivity contribution in [1.29, 1.82) is 0 Å². The van der Waals surface area contributed by atoms with E-state index in [4.69, 9.17) is 4.74 Å². The van der Waals surface area contributed by atoms with Gasteiger partial charge in [0.05, 0.1) is 12.1 Å². The van der Waals surface area contributed by atoms with Gasteiger partial charge in [-0.15, -0.1) is 5.10 Å². The highest BCUT2D eigenvalue weighted by molar-refractivity contribution is 6.01. The molecule has 1 atom stereocenters. The molecule has 0 saturated carbocycles. The molecule has 0 radical (unpaired) electrons. The first-order chi connectivity index (χ1) is 18.0. The van der Waals surface area contributed by atoms with Crippen LogP contribution in [-0.4, -0.2) is 44.9 Å². The molecule has 0 aliphatic carbocycles. The summed E-state index contributed by atoms with van der Waals surface area (Å²) in [5, 5.41) is 11.4. The molecule has 0 saturated heterocycles. The van der Waals surface area contributed by atoms with Crippen LogP contribution in [0.4, 0.5) is 5.69 Å². The third-order valence-corrected chi connectivity index (χ3v) is 5.93. The van der Waals surface area contributed by atoms with Crippen LogP contribution in [0.2, 0.25) is 0 Å². The molecule has 2 aromatic heterocycles. The average Bonchev–Trinajstić information content (AvgIpc) is 3.31. The second kappa shape index (κ2) is 12.1. The number of anilines is 1. The average molecular weight is 501 g/mol. The van der Waals surface area contributed by atoms with Crippen LogP contribution in [0.15, 0.2) is 73.1 Å². The molecule has 37 heavy (non-hydrogen) atoms. The summed E-state index contributed by atoms with van der Waals surface area (Å²) < 4.78 is 7.14. The van der Waals surface area contributed by atoms with Crippen LogP contribution in [0.25, 0.3) is 11.0 Å². The molecule has 9 heteroatoms. The number of fused-ring (bicyclic) bond motifs is 1. The van der Waals surface area contributed by atoms with Gasteiger partial charge in [0.15, 0.2) is 0 Å². The van der Waals surface area contributed by atoms with Gasteiger partial charge in [-0.2, -0.15) is 0 Å². The van der Waals surface area contributed by atoms with Crippen molar-refractivity contribution in [2.75, 3.05) is 18.1 Å². The van der Waals surface area contributed by atoms with Gasteiger partial charge in [0.25, 0.3) is 0 Å². The van der Waals surface area contributed by atoms with Gasteiger partial charge in [-0.3, -0.25) is 19.5 Å². The fourth-order valence-electron chi connectivity index (χ4n) is 4.08. The molecule has 1 N–H and O–H groups in total. The maximum atomic E-state index is 14.0. The van der Waals surface area contributed by atoms with Gasteiger partial charge < -0.3 is 10.1 Å². The van der Waals surface area contributed by atoms with Crippen molar-refractivity contribution in [3.05, 3.63) is 78.6 Å². The summed E-state index contributed by atoms with van der Waals surface area (Å²) in [7, 11) is 0. The predicted molar refractivity (Wildman–Crippen MR) is 142 cm³/mol. The Hall–Kier alpha value is -4.27. The van der Waals surface area contributed by atoms with Crippen molar-refractivity contribution >= 4 is 28.5 Å². The van der Waals surface area contributed by atoms with E-state index >= 15 is 0 Å². The van der Waals surface area contributed by atoms with Crippen LogP contribution < -0.4 is 15.0 Å². The van der Waals surface area contributed by atoms with Crippen LogP contribution >= 0.6 is 0 Å². The van der Waals surface area contributed by atoms with Gasteiger partial charge in [0.2, 0.25) is 11.8 Å². The maximum absolute atomic E-state index is 14.0. The molecule has 192 valence electrons. The van der Waals surface area contributed by atoms with Crippen LogP contribution in [0.5, 0.6) is 5.75 Å². The number of ether oxygens (including phenoxy) is 1. The lowest BCUT2D eigenvalue weighted by Crippen LogP contribution is -2.45. The number of carbonyl (C=O) groups excluding carboxylic acids is 2. The quantitative estimate of drug-likeness (QED) is 0.332. The van der Waals surface area contributed by atoms with Gasteiger partial charge in [0.1, 0.15) is 23.9 Å². The SMILES string of the molecule is CCOc1ccc(N(C(=O)Cn2nnc3ccccc32)C(C(=O)NCCC(C)C)c2cccnc2)cc1. The molecule has 2 aromatic carbocycles. The maximum Gasteiger partial charge on any atom is 0.249 e. The van der Waals surface area contributed by atoms with Gasteiger partial charge >= 0.3 is 0 Å². The number of amides is 2. The van der Waals surface area contributed by atoms with Crippen molar-refractivity contribution in [1.82, 2.24) is 25.3 Å². The number of aromatic nitrogens is 4. The smallest absolute Gasteiger partial charge is 0.249 e. The molecule has 2 amide bonds.